The lowest BCUT2D eigenvalue weighted by Crippen LogP contribution is -2.22. The molecule has 2 nitrogen and oxygen atoms in total. The van der Waals surface area contributed by atoms with Crippen molar-refractivity contribution in [1.29, 1.82) is 0 Å². The molecule has 0 aromatic heterocycles. The molecule has 2 aliphatic rings. The first-order chi connectivity index (χ1) is 9.68. The predicted octanol–water partition coefficient (Wildman–Crippen LogP) is 5.17. The highest BCUT2D eigenvalue weighted by molar-refractivity contribution is 5.66. The van der Waals surface area contributed by atoms with E-state index < -0.39 is 0 Å². The van der Waals surface area contributed by atoms with Crippen molar-refractivity contribution >= 4 is 5.97 Å². The third kappa shape index (κ3) is 4.36. The summed E-state index contributed by atoms with van der Waals surface area (Å²) in [6.45, 7) is 3.78. The van der Waals surface area contributed by atoms with Gasteiger partial charge in [-0.3, -0.25) is 4.79 Å². The number of carbonyl (C=O) groups is 1. The van der Waals surface area contributed by atoms with Gasteiger partial charge in [0.1, 0.15) is 6.10 Å². The summed E-state index contributed by atoms with van der Waals surface area (Å²) in [7, 11) is 0. The molecule has 0 heterocycles. The molecule has 0 saturated carbocycles. The Balaban J connectivity index is 2.06. The Labute approximate surface area is 124 Å². The van der Waals surface area contributed by atoms with E-state index in [2.05, 4.69) is 6.92 Å². The molecule has 0 aromatic rings. The van der Waals surface area contributed by atoms with Crippen molar-refractivity contribution in [3.8, 4) is 0 Å². The highest BCUT2D eigenvalue weighted by Crippen LogP contribution is 2.39. The maximum Gasteiger partial charge on any atom is 0.303 e. The van der Waals surface area contributed by atoms with E-state index in [1.54, 1.807) is 12.5 Å². The van der Waals surface area contributed by atoms with Gasteiger partial charge in [0.05, 0.1) is 0 Å². The lowest BCUT2D eigenvalue weighted by Gasteiger charge is -2.20. The molecule has 2 atom stereocenters. The third-order valence-electron chi connectivity index (χ3n) is 4.85. The fourth-order valence-electron chi connectivity index (χ4n) is 3.83. The molecule has 0 radical (unpaired) electrons. The second kappa shape index (κ2) is 7.85. The summed E-state index contributed by atoms with van der Waals surface area (Å²) < 4.78 is 5.62. The molecule has 0 N–H and O–H groups in total. The summed E-state index contributed by atoms with van der Waals surface area (Å²) in [6, 6.07) is 0. The van der Waals surface area contributed by atoms with Gasteiger partial charge in [0, 0.05) is 12.8 Å². The van der Waals surface area contributed by atoms with Crippen LogP contribution in [-0.4, -0.2) is 12.1 Å². The topological polar surface area (TPSA) is 26.3 Å². The van der Waals surface area contributed by atoms with Crippen molar-refractivity contribution in [2.45, 2.75) is 90.6 Å². The van der Waals surface area contributed by atoms with E-state index in [1.165, 1.54) is 63.4 Å². The summed E-state index contributed by atoms with van der Waals surface area (Å²) in [5.41, 5.74) is 3.09. The molecule has 2 rings (SSSR count). The van der Waals surface area contributed by atoms with Crippen LogP contribution in [0.25, 0.3) is 0 Å². The number of rotatable bonds is 1. The second-order valence-corrected chi connectivity index (χ2v) is 6.67. The Kier molecular flexibility index (Phi) is 6.12. The molecule has 20 heavy (non-hydrogen) atoms. The zero-order valence-corrected chi connectivity index (χ0v) is 13.2. The van der Waals surface area contributed by atoms with Gasteiger partial charge >= 0.3 is 5.97 Å². The number of esters is 1. The molecule has 114 valence electrons. The van der Waals surface area contributed by atoms with Crippen LogP contribution in [0.3, 0.4) is 0 Å². The Hall–Kier alpha value is -0.790. The van der Waals surface area contributed by atoms with Gasteiger partial charge in [-0.05, 0) is 37.7 Å². The van der Waals surface area contributed by atoms with Gasteiger partial charge in [-0.25, -0.2) is 0 Å². The quantitative estimate of drug-likeness (QED) is 0.488. The SMILES string of the molecule is CC(=O)O[C@@H]1C2=C(CCCCCCCCCC2)C[C@@H]1C. The smallest absolute Gasteiger partial charge is 0.303 e. The Morgan fingerprint density at radius 1 is 0.950 bits per heavy atom. The fourth-order valence-corrected chi connectivity index (χ4v) is 3.83. The molecule has 2 heteroatoms. The van der Waals surface area contributed by atoms with Gasteiger partial charge < -0.3 is 4.74 Å². The van der Waals surface area contributed by atoms with Crippen molar-refractivity contribution in [2.24, 2.45) is 5.92 Å². The van der Waals surface area contributed by atoms with Gasteiger partial charge in [0.25, 0.3) is 0 Å². The average molecular weight is 278 g/mol. The molecule has 0 aliphatic heterocycles. The maximum absolute atomic E-state index is 11.4. The van der Waals surface area contributed by atoms with Crippen LogP contribution in [0.15, 0.2) is 11.1 Å². The summed E-state index contributed by atoms with van der Waals surface area (Å²) in [6.07, 6.45) is 14.5. The number of ether oxygens (including phenoxy) is 1. The second-order valence-electron chi connectivity index (χ2n) is 6.67. The number of hydrogen-bond donors (Lipinski definition) is 0. The minimum absolute atomic E-state index is 0.0745. The van der Waals surface area contributed by atoms with Gasteiger partial charge in [-0.2, -0.15) is 0 Å². The van der Waals surface area contributed by atoms with Crippen LogP contribution < -0.4 is 0 Å². The first kappa shape index (κ1) is 15.6. The molecular weight excluding hydrogens is 248 g/mol. The van der Waals surface area contributed by atoms with Crippen molar-refractivity contribution in [1.82, 2.24) is 0 Å². The van der Waals surface area contributed by atoms with Crippen LogP contribution in [0, 0.1) is 5.92 Å². The van der Waals surface area contributed by atoms with Crippen LogP contribution in [-0.2, 0) is 9.53 Å². The summed E-state index contributed by atoms with van der Waals surface area (Å²) in [4.78, 5) is 11.4. The van der Waals surface area contributed by atoms with Gasteiger partial charge in [0.15, 0.2) is 0 Å². The first-order valence-electron chi connectivity index (χ1n) is 8.56. The predicted molar refractivity (Wildman–Crippen MR) is 82.5 cm³/mol. The van der Waals surface area contributed by atoms with E-state index in [1.807, 2.05) is 0 Å². The summed E-state index contributed by atoms with van der Waals surface area (Å²) in [5, 5.41) is 0. The standard InChI is InChI=1S/C18H30O2/c1-14-13-16-11-9-7-5-3-4-6-8-10-12-17(16)18(14)20-15(2)19/h14,18H,3-13H2,1-2H3/t14-,18-/m0/s1. The Bertz CT molecular complexity index is 356. The van der Waals surface area contributed by atoms with E-state index in [0.29, 0.717) is 5.92 Å². The van der Waals surface area contributed by atoms with E-state index in [0.717, 1.165) is 12.8 Å². The summed E-state index contributed by atoms with van der Waals surface area (Å²) in [5.74, 6) is 0.357. The van der Waals surface area contributed by atoms with Crippen LogP contribution in [0.4, 0.5) is 0 Å². The van der Waals surface area contributed by atoms with Gasteiger partial charge in [-0.15, -0.1) is 0 Å². The van der Waals surface area contributed by atoms with Crippen LogP contribution in [0.1, 0.15) is 84.5 Å². The first-order valence-corrected chi connectivity index (χ1v) is 8.56. The fraction of sp³-hybridized carbons (Fsp3) is 0.833. The minimum Gasteiger partial charge on any atom is -0.458 e. The van der Waals surface area contributed by atoms with Crippen molar-refractivity contribution in [2.75, 3.05) is 0 Å². The molecule has 0 bridgehead atoms. The number of allylic oxidation sites excluding steroid dienone is 1. The minimum atomic E-state index is -0.123. The molecule has 0 unspecified atom stereocenters. The Morgan fingerprint density at radius 2 is 1.50 bits per heavy atom. The van der Waals surface area contributed by atoms with Crippen molar-refractivity contribution < 1.29 is 9.53 Å². The largest absolute Gasteiger partial charge is 0.458 e. The van der Waals surface area contributed by atoms with Gasteiger partial charge in [0.2, 0.25) is 0 Å². The molecule has 0 aromatic carbocycles. The molecule has 0 fully saturated rings. The van der Waals surface area contributed by atoms with Crippen molar-refractivity contribution in [3.63, 3.8) is 0 Å². The summed E-state index contributed by atoms with van der Waals surface area (Å²) >= 11 is 0. The van der Waals surface area contributed by atoms with E-state index in [9.17, 15) is 4.79 Å². The van der Waals surface area contributed by atoms with Crippen LogP contribution in [0.2, 0.25) is 0 Å². The van der Waals surface area contributed by atoms with E-state index in [4.69, 9.17) is 4.74 Å². The third-order valence-corrected chi connectivity index (χ3v) is 4.85. The van der Waals surface area contributed by atoms with E-state index in [-0.39, 0.29) is 12.1 Å². The lowest BCUT2D eigenvalue weighted by molar-refractivity contribution is -0.146. The zero-order chi connectivity index (χ0) is 14.4. The molecule has 0 spiro atoms. The monoisotopic (exact) mass is 278 g/mol. The lowest BCUT2D eigenvalue weighted by atomic mass is 9.96. The number of hydrogen-bond acceptors (Lipinski definition) is 2. The van der Waals surface area contributed by atoms with E-state index >= 15 is 0 Å². The highest BCUT2D eigenvalue weighted by Gasteiger charge is 2.33. The highest BCUT2D eigenvalue weighted by atomic mass is 16.5. The van der Waals surface area contributed by atoms with Crippen LogP contribution in [0.5, 0.6) is 0 Å². The zero-order valence-electron chi connectivity index (χ0n) is 13.2. The van der Waals surface area contributed by atoms with Crippen LogP contribution >= 0.6 is 0 Å². The molecule has 0 amide bonds. The normalized spacial score (nSPS) is 29.3. The van der Waals surface area contributed by atoms with Gasteiger partial charge in [-0.1, -0.05) is 51.0 Å². The maximum atomic E-state index is 11.4. The molecule has 0 saturated heterocycles. The average Bonchev–Trinajstić information content (AvgIpc) is 2.66. The Morgan fingerprint density at radius 3 is 2.10 bits per heavy atom. The number of carbonyl (C=O) groups excluding carboxylic acids is 1. The van der Waals surface area contributed by atoms with Crippen molar-refractivity contribution in [3.05, 3.63) is 11.1 Å². The molecular formula is C18H30O2. The molecule has 2 aliphatic carbocycles.